The highest BCUT2D eigenvalue weighted by Gasteiger charge is 2.25. The van der Waals surface area contributed by atoms with Gasteiger partial charge in [0.05, 0.1) is 6.42 Å². The van der Waals surface area contributed by atoms with Crippen molar-refractivity contribution in [2.24, 2.45) is 5.92 Å². The van der Waals surface area contributed by atoms with Crippen LogP contribution in [0.3, 0.4) is 0 Å². The Bertz CT molecular complexity index is 432. The lowest BCUT2D eigenvalue weighted by atomic mass is 10.1. The molecule has 1 fully saturated rings. The highest BCUT2D eigenvalue weighted by Crippen LogP contribution is 2.09. The molecule has 0 spiro atoms. The third-order valence-corrected chi connectivity index (χ3v) is 3.44. The second-order valence-electron chi connectivity index (χ2n) is 5.23. The van der Waals surface area contributed by atoms with Gasteiger partial charge in [-0.1, -0.05) is 13.8 Å². The van der Waals surface area contributed by atoms with E-state index in [2.05, 4.69) is 4.98 Å². The van der Waals surface area contributed by atoms with Gasteiger partial charge in [-0.15, -0.1) is 0 Å². The molecule has 1 N–H and O–H groups in total. The summed E-state index contributed by atoms with van der Waals surface area (Å²) in [5.41, 5.74) is 0.936. The standard InChI is InChI=1S/C14H21N3O2/c1-11(2)14(19)17-8-6-16(7-9-17)13(18)10-12-4-3-5-15-12/h3-5,11,15H,6-10H2,1-2H3. The zero-order valence-corrected chi connectivity index (χ0v) is 11.6. The van der Waals surface area contributed by atoms with Gasteiger partial charge in [-0.25, -0.2) is 0 Å². The number of aromatic amines is 1. The lowest BCUT2D eigenvalue weighted by Gasteiger charge is -2.35. The van der Waals surface area contributed by atoms with E-state index in [0.717, 1.165) is 5.69 Å². The summed E-state index contributed by atoms with van der Waals surface area (Å²) < 4.78 is 0. The van der Waals surface area contributed by atoms with Crippen LogP contribution >= 0.6 is 0 Å². The first kappa shape index (κ1) is 13.6. The van der Waals surface area contributed by atoms with Gasteiger partial charge in [-0.05, 0) is 12.1 Å². The molecule has 1 aliphatic rings. The topological polar surface area (TPSA) is 56.4 Å². The minimum Gasteiger partial charge on any atom is -0.365 e. The molecule has 5 heteroatoms. The van der Waals surface area contributed by atoms with Gasteiger partial charge in [0, 0.05) is 44.0 Å². The van der Waals surface area contributed by atoms with Crippen molar-refractivity contribution >= 4 is 11.8 Å². The number of nitrogens with zero attached hydrogens (tertiary/aromatic N) is 2. The highest BCUT2D eigenvalue weighted by molar-refractivity contribution is 5.80. The zero-order valence-electron chi connectivity index (χ0n) is 11.6. The fraction of sp³-hybridized carbons (Fsp3) is 0.571. The molecular formula is C14H21N3O2. The Morgan fingerprint density at radius 2 is 1.84 bits per heavy atom. The molecule has 0 radical (unpaired) electrons. The van der Waals surface area contributed by atoms with Crippen LogP contribution < -0.4 is 0 Å². The predicted octanol–water partition coefficient (Wildman–Crippen LogP) is 0.884. The number of hydrogen-bond acceptors (Lipinski definition) is 2. The molecule has 0 unspecified atom stereocenters. The lowest BCUT2D eigenvalue weighted by Crippen LogP contribution is -2.51. The van der Waals surface area contributed by atoms with E-state index in [1.807, 2.05) is 42.0 Å². The fourth-order valence-electron chi connectivity index (χ4n) is 2.29. The van der Waals surface area contributed by atoms with E-state index in [9.17, 15) is 9.59 Å². The summed E-state index contributed by atoms with van der Waals surface area (Å²) in [6.07, 6.45) is 2.23. The molecule has 0 aromatic carbocycles. The number of hydrogen-bond donors (Lipinski definition) is 1. The summed E-state index contributed by atoms with van der Waals surface area (Å²) in [6, 6.07) is 3.80. The Hall–Kier alpha value is -1.78. The lowest BCUT2D eigenvalue weighted by molar-refractivity contribution is -0.141. The van der Waals surface area contributed by atoms with Gasteiger partial charge in [0.2, 0.25) is 11.8 Å². The van der Waals surface area contributed by atoms with Crippen molar-refractivity contribution in [2.45, 2.75) is 20.3 Å². The summed E-state index contributed by atoms with van der Waals surface area (Å²) >= 11 is 0. The van der Waals surface area contributed by atoms with Crippen LogP contribution in [-0.2, 0) is 16.0 Å². The van der Waals surface area contributed by atoms with Gasteiger partial charge in [0.25, 0.3) is 0 Å². The molecule has 104 valence electrons. The quantitative estimate of drug-likeness (QED) is 0.880. The minimum absolute atomic E-state index is 0.0289. The largest absolute Gasteiger partial charge is 0.365 e. The number of piperazine rings is 1. The van der Waals surface area contributed by atoms with Gasteiger partial charge in [-0.2, -0.15) is 0 Å². The first-order valence-corrected chi connectivity index (χ1v) is 6.76. The summed E-state index contributed by atoms with van der Waals surface area (Å²) in [4.78, 5) is 30.7. The molecule has 1 aliphatic heterocycles. The first-order valence-electron chi connectivity index (χ1n) is 6.76. The van der Waals surface area contributed by atoms with E-state index in [-0.39, 0.29) is 17.7 Å². The monoisotopic (exact) mass is 263 g/mol. The number of amides is 2. The van der Waals surface area contributed by atoms with Crippen molar-refractivity contribution in [1.82, 2.24) is 14.8 Å². The Morgan fingerprint density at radius 1 is 1.21 bits per heavy atom. The van der Waals surface area contributed by atoms with Crippen molar-refractivity contribution in [2.75, 3.05) is 26.2 Å². The first-order chi connectivity index (χ1) is 9.08. The maximum Gasteiger partial charge on any atom is 0.228 e. The molecule has 5 nitrogen and oxygen atoms in total. The average molecular weight is 263 g/mol. The number of carbonyl (C=O) groups is 2. The number of carbonyl (C=O) groups excluding carboxylic acids is 2. The minimum atomic E-state index is 0.0289. The molecule has 1 aromatic rings. The number of nitrogens with one attached hydrogen (secondary N) is 1. The Kier molecular flexibility index (Phi) is 4.24. The molecule has 2 heterocycles. The van der Waals surface area contributed by atoms with E-state index in [0.29, 0.717) is 32.6 Å². The van der Waals surface area contributed by atoms with Crippen LogP contribution in [0.4, 0.5) is 0 Å². The number of aromatic nitrogens is 1. The van der Waals surface area contributed by atoms with Gasteiger partial charge >= 0.3 is 0 Å². The summed E-state index contributed by atoms with van der Waals surface area (Å²) in [5, 5.41) is 0. The van der Waals surface area contributed by atoms with E-state index in [4.69, 9.17) is 0 Å². The molecule has 0 saturated carbocycles. The Labute approximate surface area is 113 Å². The van der Waals surface area contributed by atoms with Gasteiger partial charge in [0.15, 0.2) is 0 Å². The number of rotatable bonds is 3. The summed E-state index contributed by atoms with van der Waals surface area (Å²) in [5.74, 6) is 0.330. The van der Waals surface area contributed by atoms with Crippen LogP contribution in [0.15, 0.2) is 18.3 Å². The molecule has 19 heavy (non-hydrogen) atoms. The average Bonchev–Trinajstić information content (AvgIpc) is 2.90. The third-order valence-electron chi connectivity index (χ3n) is 3.44. The van der Waals surface area contributed by atoms with E-state index < -0.39 is 0 Å². The van der Waals surface area contributed by atoms with Crippen molar-refractivity contribution < 1.29 is 9.59 Å². The van der Waals surface area contributed by atoms with E-state index >= 15 is 0 Å². The van der Waals surface area contributed by atoms with E-state index in [1.165, 1.54) is 0 Å². The van der Waals surface area contributed by atoms with Crippen molar-refractivity contribution in [3.8, 4) is 0 Å². The fourth-order valence-corrected chi connectivity index (χ4v) is 2.29. The van der Waals surface area contributed by atoms with Crippen molar-refractivity contribution in [3.63, 3.8) is 0 Å². The second-order valence-corrected chi connectivity index (χ2v) is 5.23. The van der Waals surface area contributed by atoms with Crippen molar-refractivity contribution in [3.05, 3.63) is 24.0 Å². The van der Waals surface area contributed by atoms with Crippen LogP contribution in [0, 0.1) is 5.92 Å². The molecule has 1 aromatic heterocycles. The molecular weight excluding hydrogens is 242 g/mol. The Balaban J connectivity index is 1.83. The highest BCUT2D eigenvalue weighted by atomic mass is 16.2. The van der Waals surface area contributed by atoms with Crippen molar-refractivity contribution in [1.29, 1.82) is 0 Å². The van der Waals surface area contributed by atoms with Crippen LogP contribution in [0.2, 0.25) is 0 Å². The van der Waals surface area contributed by atoms with Gasteiger partial charge in [-0.3, -0.25) is 9.59 Å². The van der Waals surface area contributed by atoms with Crippen LogP contribution in [0.1, 0.15) is 19.5 Å². The van der Waals surface area contributed by atoms with Crippen LogP contribution in [0.25, 0.3) is 0 Å². The smallest absolute Gasteiger partial charge is 0.228 e. The van der Waals surface area contributed by atoms with Crippen LogP contribution in [0.5, 0.6) is 0 Å². The maximum absolute atomic E-state index is 12.1. The van der Waals surface area contributed by atoms with Gasteiger partial charge < -0.3 is 14.8 Å². The molecule has 2 rings (SSSR count). The predicted molar refractivity (Wildman–Crippen MR) is 72.5 cm³/mol. The molecule has 2 amide bonds. The van der Waals surface area contributed by atoms with Crippen LogP contribution in [-0.4, -0.2) is 52.8 Å². The normalized spacial score (nSPS) is 15.9. The molecule has 0 atom stereocenters. The second kappa shape index (κ2) is 5.91. The Morgan fingerprint density at radius 3 is 2.37 bits per heavy atom. The third kappa shape index (κ3) is 3.36. The summed E-state index contributed by atoms with van der Waals surface area (Å²) in [7, 11) is 0. The molecule has 0 bridgehead atoms. The maximum atomic E-state index is 12.1. The SMILES string of the molecule is CC(C)C(=O)N1CCN(C(=O)Cc2ccc[nH]2)CC1. The van der Waals surface area contributed by atoms with Gasteiger partial charge in [0.1, 0.15) is 0 Å². The summed E-state index contributed by atoms with van der Waals surface area (Å²) in [6.45, 7) is 6.38. The zero-order chi connectivity index (χ0) is 13.8. The molecule has 0 aliphatic carbocycles. The van der Waals surface area contributed by atoms with E-state index in [1.54, 1.807) is 0 Å². The number of H-pyrrole nitrogens is 1. The molecule has 1 saturated heterocycles.